The highest BCUT2D eigenvalue weighted by Gasteiger charge is 2.26. The van der Waals surface area contributed by atoms with Crippen LogP contribution >= 0.6 is 11.6 Å². The maximum atomic E-state index is 15.1. The molecule has 0 radical (unpaired) electrons. The van der Waals surface area contributed by atoms with Gasteiger partial charge in [-0.05, 0) is 79.1 Å². The summed E-state index contributed by atoms with van der Waals surface area (Å²) in [4.78, 5) is 25.0. The van der Waals surface area contributed by atoms with Crippen molar-refractivity contribution < 1.29 is 18.7 Å². The van der Waals surface area contributed by atoms with E-state index in [0.29, 0.717) is 38.8 Å². The molecular weight excluding hydrogens is 529 g/mol. The monoisotopic (exact) mass is 553 g/mol. The van der Waals surface area contributed by atoms with Gasteiger partial charge >= 0.3 is 5.97 Å². The normalized spacial score (nSPS) is 10.8. The fourth-order valence-electron chi connectivity index (χ4n) is 4.42. The van der Waals surface area contributed by atoms with Crippen LogP contribution in [0.2, 0.25) is 5.02 Å². The summed E-state index contributed by atoms with van der Waals surface area (Å²) in [5.41, 5.74) is 5.24. The number of ether oxygens (including phenoxy) is 1. The largest absolute Gasteiger partial charge is 0.407 e. The first kappa shape index (κ1) is 26.8. The first-order chi connectivity index (χ1) is 19.2. The number of esters is 1. The lowest BCUT2D eigenvalue weighted by Crippen LogP contribution is -2.11. The van der Waals surface area contributed by atoms with Crippen molar-refractivity contribution in [2.45, 2.75) is 20.8 Å². The molecule has 1 amide bonds. The third-order valence-electron chi connectivity index (χ3n) is 6.53. The molecule has 8 heteroatoms. The molecule has 200 valence electrons. The summed E-state index contributed by atoms with van der Waals surface area (Å²) in [5.74, 6) is -1.16. The summed E-state index contributed by atoms with van der Waals surface area (Å²) in [5, 5.41) is 8.09. The molecule has 1 heterocycles. The molecule has 0 fully saturated rings. The molecule has 0 spiro atoms. The second kappa shape index (κ2) is 11.2. The van der Waals surface area contributed by atoms with E-state index in [0.717, 1.165) is 11.1 Å². The number of nitrogens with zero attached hydrogens (tertiary/aromatic N) is 2. The van der Waals surface area contributed by atoms with Crippen LogP contribution in [0.15, 0.2) is 91.0 Å². The molecule has 0 atom stereocenters. The molecule has 0 aliphatic carbocycles. The number of hydrogen-bond acceptors (Lipinski definition) is 4. The van der Waals surface area contributed by atoms with Gasteiger partial charge in [0.15, 0.2) is 0 Å². The summed E-state index contributed by atoms with van der Waals surface area (Å²) in [7, 11) is 0. The van der Waals surface area contributed by atoms with Gasteiger partial charge in [-0.1, -0.05) is 54.1 Å². The SMILES string of the molecule is CC(=O)Oc1c(-c2ccc(NC(=O)c3cccc(Cl)c3)cc2)c(-c2ccccc2F)nn1-c1cccc(C)c1C. The Labute approximate surface area is 236 Å². The van der Waals surface area contributed by atoms with E-state index in [1.165, 1.54) is 17.7 Å². The number of aryl methyl sites for hydroxylation is 1. The lowest BCUT2D eigenvalue weighted by molar-refractivity contribution is -0.132. The molecule has 40 heavy (non-hydrogen) atoms. The molecule has 0 saturated carbocycles. The van der Waals surface area contributed by atoms with Gasteiger partial charge < -0.3 is 10.1 Å². The van der Waals surface area contributed by atoms with Crippen molar-refractivity contribution in [3.8, 4) is 34.0 Å². The standard InChI is InChI=1S/C32H25ClFN3O3/c1-19-8-6-13-28(20(19)2)37-32(40-21(3)38)29(30(36-37)26-11-4-5-12-27(26)34)22-14-16-25(17-15-22)35-31(39)23-9-7-10-24(33)18-23/h4-18H,1-3H3,(H,35,39). The smallest absolute Gasteiger partial charge is 0.309 e. The van der Waals surface area contributed by atoms with Crippen LogP contribution in [0.4, 0.5) is 10.1 Å². The molecule has 1 aromatic heterocycles. The molecule has 5 aromatic rings. The van der Waals surface area contributed by atoms with Crippen LogP contribution in [0, 0.1) is 19.7 Å². The number of nitrogens with one attached hydrogen (secondary N) is 1. The number of halogens is 2. The van der Waals surface area contributed by atoms with E-state index in [9.17, 15) is 9.59 Å². The molecule has 0 bridgehead atoms. The molecule has 1 N–H and O–H groups in total. The molecule has 4 aromatic carbocycles. The van der Waals surface area contributed by atoms with Crippen LogP contribution in [-0.4, -0.2) is 21.7 Å². The minimum absolute atomic E-state index is 0.162. The van der Waals surface area contributed by atoms with Crippen LogP contribution in [0.1, 0.15) is 28.4 Å². The number of benzene rings is 4. The first-order valence-electron chi connectivity index (χ1n) is 12.5. The highest BCUT2D eigenvalue weighted by molar-refractivity contribution is 6.31. The van der Waals surface area contributed by atoms with Crippen molar-refractivity contribution in [2.24, 2.45) is 0 Å². The fraction of sp³-hybridized carbons (Fsp3) is 0.0938. The maximum Gasteiger partial charge on any atom is 0.309 e. The first-order valence-corrected chi connectivity index (χ1v) is 12.9. The Morgan fingerprint density at radius 2 is 1.65 bits per heavy atom. The number of rotatable bonds is 6. The summed E-state index contributed by atoms with van der Waals surface area (Å²) in [6.07, 6.45) is 0. The van der Waals surface area contributed by atoms with Crippen molar-refractivity contribution >= 4 is 29.2 Å². The maximum absolute atomic E-state index is 15.1. The predicted octanol–water partition coefficient (Wildman–Crippen LogP) is 7.79. The van der Waals surface area contributed by atoms with Gasteiger partial charge in [0.1, 0.15) is 11.5 Å². The summed E-state index contributed by atoms with van der Waals surface area (Å²) >= 11 is 6.02. The number of aromatic nitrogens is 2. The molecule has 0 unspecified atom stereocenters. The van der Waals surface area contributed by atoms with E-state index >= 15 is 4.39 Å². The van der Waals surface area contributed by atoms with E-state index in [1.54, 1.807) is 66.7 Å². The minimum atomic E-state index is -0.543. The molecule has 0 aliphatic rings. The zero-order valence-corrected chi connectivity index (χ0v) is 22.8. The topological polar surface area (TPSA) is 73.2 Å². The quantitative estimate of drug-likeness (QED) is 0.218. The lowest BCUT2D eigenvalue weighted by atomic mass is 10.0. The van der Waals surface area contributed by atoms with Crippen molar-refractivity contribution in [3.63, 3.8) is 0 Å². The van der Waals surface area contributed by atoms with Crippen LogP contribution in [0.25, 0.3) is 28.1 Å². The van der Waals surface area contributed by atoms with E-state index in [2.05, 4.69) is 5.32 Å². The van der Waals surface area contributed by atoms with Gasteiger partial charge in [-0.3, -0.25) is 9.59 Å². The van der Waals surface area contributed by atoms with E-state index in [-0.39, 0.29) is 17.4 Å². The van der Waals surface area contributed by atoms with Gasteiger partial charge in [0.05, 0.1) is 11.3 Å². The number of carbonyl (C=O) groups is 2. The Hall–Kier alpha value is -4.75. The zero-order valence-electron chi connectivity index (χ0n) is 22.0. The highest BCUT2D eigenvalue weighted by Crippen LogP contribution is 2.42. The third-order valence-corrected chi connectivity index (χ3v) is 6.77. The lowest BCUT2D eigenvalue weighted by Gasteiger charge is -2.13. The van der Waals surface area contributed by atoms with Crippen LogP contribution in [-0.2, 0) is 4.79 Å². The Morgan fingerprint density at radius 1 is 0.925 bits per heavy atom. The van der Waals surface area contributed by atoms with Gasteiger partial charge in [0.2, 0.25) is 5.88 Å². The van der Waals surface area contributed by atoms with E-state index in [1.807, 2.05) is 32.0 Å². The molecule has 0 saturated heterocycles. The average molecular weight is 554 g/mol. The fourth-order valence-corrected chi connectivity index (χ4v) is 4.61. The van der Waals surface area contributed by atoms with Crippen molar-refractivity contribution in [2.75, 3.05) is 5.32 Å². The number of amides is 1. The van der Waals surface area contributed by atoms with Gasteiger partial charge in [0, 0.05) is 28.8 Å². The molecule has 6 nitrogen and oxygen atoms in total. The second-order valence-corrected chi connectivity index (χ2v) is 9.71. The Balaban J connectivity index is 1.65. The predicted molar refractivity (Wildman–Crippen MR) is 155 cm³/mol. The van der Waals surface area contributed by atoms with Gasteiger partial charge in [0.25, 0.3) is 5.91 Å². The van der Waals surface area contributed by atoms with Gasteiger partial charge in [-0.2, -0.15) is 9.78 Å². The summed E-state index contributed by atoms with van der Waals surface area (Å²) in [6.45, 7) is 5.23. The molecule has 5 rings (SSSR count). The van der Waals surface area contributed by atoms with E-state index in [4.69, 9.17) is 21.4 Å². The van der Waals surface area contributed by atoms with Crippen molar-refractivity contribution in [1.29, 1.82) is 0 Å². The Bertz CT molecular complexity index is 1750. The minimum Gasteiger partial charge on any atom is -0.407 e. The highest BCUT2D eigenvalue weighted by atomic mass is 35.5. The number of carbonyl (C=O) groups excluding carboxylic acids is 2. The molecule has 0 aliphatic heterocycles. The average Bonchev–Trinajstić information content (AvgIpc) is 3.28. The van der Waals surface area contributed by atoms with Crippen LogP contribution < -0.4 is 10.1 Å². The third kappa shape index (κ3) is 5.37. The number of anilines is 1. The van der Waals surface area contributed by atoms with Crippen LogP contribution in [0.5, 0.6) is 5.88 Å². The Kier molecular flexibility index (Phi) is 7.49. The summed E-state index contributed by atoms with van der Waals surface area (Å²) in [6, 6.07) is 25.6. The van der Waals surface area contributed by atoms with Crippen molar-refractivity contribution in [1.82, 2.24) is 9.78 Å². The van der Waals surface area contributed by atoms with Gasteiger partial charge in [-0.25, -0.2) is 4.39 Å². The zero-order chi connectivity index (χ0) is 28.4. The Morgan fingerprint density at radius 3 is 2.35 bits per heavy atom. The molecular formula is C32H25ClFN3O3. The van der Waals surface area contributed by atoms with E-state index < -0.39 is 11.8 Å². The van der Waals surface area contributed by atoms with Crippen molar-refractivity contribution in [3.05, 3.63) is 119 Å². The second-order valence-electron chi connectivity index (χ2n) is 9.27. The van der Waals surface area contributed by atoms with Gasteiger partial charge in [-0.15, -0.1) is 0 Å². The number of hydrogen-bond donors (Lipinski definition) is 1. The summed E-state index contributed by atoms with van der Waals surface area (Å²) < 4.78 is 22.4. The van der Waals surface area contributed by atoms with Crippen LogP contribution in [0.3, 0.4) is 0 Å².